The zero-order valence-corrected chi connectivity index (χ0v) is 17.9. The van der Waals surface area contributed by atoms with Crippen molar-refractivity contribution >= 4 is 38.2 Å². The van der Waals surface area contributed by atoms with Crippen LogP contribution in [0.5, 0.6) is 5.88 Å². The molecule has 2 aromatic carbocycles. The lowest BCUT2D eigenvalue weighted by atomic mass is 10.2. The number of nitrogens with one attached hydrogen (secondary N) is 2. The number of H-pyrrole nitrogens is 1. The number of carbonyl (C=O) groups excluding carboxylic acids is 1. The molecule has 154 valence electrons. The molecule has 0 amide bonds. The SMILES string of the molecule is Cc1ccc(S(=O)(=O)N[C@@H](C)C(=O)Oc2csc(-c3c[nH]c4ccccc34)n2)cc1. The van der Waals surface area contributed by atoms with E-state index in [1.54, 1.807) is 17.5 Å². The van der Waals surface area contributed by atoms with Crippen LogP contribution in [0.15, 0.2) is 65.0 Å². The van der Waals surface area contributed by atoms with Crippen molar-refractivity contribution in [2.45, 2.75) is 24.8 Å². The maximum Gasteiger partial charge on any atom is 0.330 e. The Balaban J connectivity index is 1.46. The molecule has 0 bridgehead atoms. The summed E-state index contributed by atoms with van der Waals surface area (Å²) in [7, 11) is -3.84. The molecule has 4 aromatic rings. The van der Waals surface area contributed by atoms with E-state index in [4.69, 9.17) is 4.74 Å². The molecule has 2 aromatic heterocycles. The molecular weight excluding hydrogens is 422 g/mol. The van der Waals surface area contributed by atoms with Gasteiger partial charge in [0.15, 0.2) is 0 Å². The van der Waals surface area contributed by atoms with Gasteiger partial charge in [0.2, 0.25) is 15.9 Å². The van der Waals surface area contributed by atoms with E-state index in [1.807, 2.05) is 37.4 Å². The molecule has 0 radical (unpaired) electrons. The summed E-state index contributed by atoms with van der Waals surface area (Å²) in [5, 5.41) is 3.34. The van der Waals surface area contributed by atoms with Crippen molar-refractivity contribution in [3.63, 3.8) is 0 Å². The molecule has 0 fully saturated rings. The topological polar surface area (TPSA) is 101 Å². The van der Waals surface area contributed by atoms with Gasteiger partial charge >= 0.3 is 5.97 Å². The fourth-order valence-corrected chi connectivity index (χ4v) is 4.88. The molecule has 1 atom stereocenters. The molecule has 2 N–H and O–H groups in total. The Morgan fingerprint density at radius 2 is 1.90 bits per heavy atom. The van der Waals surface area contributed by atoms with Gasteiger partial charge in [-0.25, -0.2) is 18.2 Å². The van der Waals surface area contributed by atoms with E-state index in [0.717, 1.165) is 22.0 Å². The van der Waals surface area contributed by atoms with Crippen molar-refractivity contribution in [1.82, 2.24) is 14.7 Å². The standard InChI is InChI=1S/C21H19N3O4S2/c1-13-7-9-15(10-8-13)30(26,27)24-14(2)21(25)28-19-12-29-20(23-19)17-11-22-18-6-4-3-5-16(17)18/h3-12,14,22,24H,1-2H3/t14-/m0/s1. The van der Waals surface area contributed by atoms with E-state index in [0.29, 0.717) is 5.01 Å². The average Bonchev–Trinajstić information content (AvgIpc) is 3.34. The van der Waals surface area contributed by atoms with Gasteiger partial charge in [0.25, 0.3) is 0 Å². The number of thiazole rings is 1. The van der Waals surface area contributed by atoms with Crippen molar-refractivity contribution in [2.75, 3.05) is 0 Å². The number of para-hydroxylation sites is 1. The predicted octanol–water partition coefficient (Wildman–Crippen LogP) is 3.87. The third-order valence-corrected chi connectivity index (χ3v) is 6.94. The number of hydrogen-bond donors (Lipinski definition) is 2. The van der Waals surface area contributed by atoms with E-state index < -0.39 is 22.0 Å². The molecule has 0 spiro atoms. The summed E-state index contributed by atoms with van der Waals surface area (Å²) >= 11 is 1.34. The average molecular weight is 442 g/mol. The number of carbonyl (C=O) groups is 1. The molecule has 30 heavy (non-hydrogen) atoms. The van der Waals surface area contributed by atoms with Crippen LogP contribution in [0.1, 0.15) is 12.5 Å². The van der Waals surface area contributed by atoms with Crippen molar-refractivity contribution in [3.8, 4) is 16.5 Å². The molecule has 2 heterocycles. The lowest BCUT2D eigenvalue weighted by Crippen LogP contribution is -2.40. The van der Waals surface area contributed by atoms with Crippen LogP contribution in [0.2, 0.25) is 0 Å². The number of fused-ring (bicyclic) bond motifs is 1. The zero-order valence-electron chi connectivity index (χ0n) is 16.2. The van der Waals surface area contributed by atoms with E-state index in [1.165, 1.54) is 30.4 Å². The molecule has 7 nitrogen and oxygen atoms in total. The Morgan fingerprint density at radius 1 is 1.17 bits per heavy atom. The monoisotopic (exact) mass is 441 g/mol. The van der Waals surface area contributed by atoms with Crippen molar-refractivity contribution in [1.29, 1.82) is 0 Å². The van der Waals surface area contributed by atoms with Gasteiger partial charge in [-0.3, -0.25) is 0 Å². The first-order valence-corrected chi connectivity index (χ1v) is 11.5. The number of aromatic amines is 1. The first kappa shape index (κ1) is 20.3. The van der Waals surface area contributed by atoms with E-state index in [9.17, 15) is 13.2 Å². The molecule has 4 rings (SSSR count). The number of esters is 1. The summed E-state index contributed by atoms with van der Waals surface area (Å²) in [6.45, 7) is 3.29. The largest absolute Gasteiger partial charge is 0.405 e. The highest BCUT2D eigenvalue weighted by Crippen LogP contribution is 2.32. The first-order chi connectivity index (χ1) is 14.3. The van der Waals surface area contributed by atoms with Gasteiger partial charge in [-0.15, -0.1) is 11.3 Å². The number of aromatic nitrogens is 2. The van der Waals surface area contributed by atoms with Crippen LogP contribution in [0.25, 0.3) is 21.5 Å². The number of nitrogens with zero attached hydrogens (tertiary/aromatic N) is 1. The minimum Gasteiger partial charge on any atom is -0.405 e. The fourth-order valence-electron chi connectivity index (χ4n) is 2.94. The molecule has 0 unspecified atom stereocenters. The Hall–Kier alpha value is -3.01. The molecule has 0 aliphatic carbocycles. The summed E-state index contributed by atoms with van der Waals surface area (Å²) in [5.74, 6) is -0.604. The van der Waals surface area contributed by atoms with Gasteiger partial charge in [0.05, 0.1) is 10.3 Å². The number of hydrogen-bond acceptors (Lipinski definition) is 6. The van der Waals surface area contributed by atoms with Gasteiger partial charge in [0, 0.05) is 22.7 Å². The van der Waals surface area contributed by atoms with Crippen LogP contribution in [-0.2, 0) is 14.8 Å². The van der Waals surface area contributed by atoms with Crippen LogP contribution >= 0.6 is 11.3 Å². The minimum absolute atomic E-state index is 0.0861. The lowest BCUT2D eigenvalue weighted by Gasteiger charge is -2.12. The zero-order chi connectivity index (χ0) is 21.3. The number of ether oxygens (including phenoxy) is 1. The van der Waals surface area contributed by atoms with Crippen LogP contribution in [0, 0.1) is 6.92 Å². The summed E-state index contributed by atoms with van der Waals surface area (Å²) in [6, 6.07) is 13.1. The molecule has 0 aliphatic rings. The summed E-state index contributed by atoms with van der Waals surface area (Å²) in [6.07, 6.45) is 1.85. The van der Waals surface area contributed by atoms with E-state index in [2.05, 4.69) is 14.7 Å². The summed E-state index contributed by atoms with van der Waals surface area (Å²) < 4.78 is 32.5. The van der Waals surface area contributed by atoms with Crippen molar-refractivity contribution in [3.05, 3.63) is 65.7 Å². The number of sulfonamides is 1. The van der Waals surface area contributed by atoms with Crippen LogP contribution in [-0.4, -0.2) is 30.4 Å². The highest BCUT2D eigenvalue weighted by atomic mass is 32.2. The number of benzene rings is 2. The first-order valence-electron chi connectivity index (χ1n) is 9.16. The highest BCUT2D eigenvalue weighted by molar-refractivity contribution is 7.89. The second kappa shape index (κ2) is 8.02. The Bertz CT molecular complexity index is 1310. The molecule has 0 aliphatic heterocycles. The fraction of sp³-hybridized carbons (Fsp3) is 0.143. The lowest BCUT2D eigenvalue weighted by molar-refractivity contribution is -0.136. The molecule has 0 saturated heterocycles. The van der Waals surface area contributed by atoms with Gasteiger partial charge < -0.3 is 9.72 Å². The molecular formula is C21H19N3O4S2. The van der Waals surface area contributed by atoms with E-state index in [-0.39, 0.29) is 10.8 Å². The van der Waals surface area contributed by atoms with Crippen molar-refractivity contribution < 1.29 is 17.9 Å². The van der Waals surface area contributed by atoms with Crippen LogP contribution in [0.4, 0.5) is 0 Å². The van der Waals surface area contributed by atoms with Gasteiger partial charge in [0.1, 0.15) is 11.0 Å². The number of aryl methyl sites for hydroxylation is 1. The normalized spacial score (nSPS) is 12.7. The van der Waals surface area contributed by atoms with E-state index >= 15 is 0 Å². The van der Waals surface area contributed by atoms with Crippen LogP contribution < -0.4 is 9.46 Å². The molecule has 9 heteroatoms. The van der Waals surface area contributed by atoms with Crippen molar-refractivity contribution in [2.24, 2.45) is 0 Å². The maximum absolute atomic E-state index is 12.5. The quantitative estimate of drug-likeness (QED) is 0.442. The van der Waals surface area contributed by atoms with Gasteiger partial charge in [-0.05, 0) is 32.0 Å². The van der Waals surface area contributed by atoms with Gasteiger partial charge in [-0.2, -0.15) is 4.72 Å². The maximum atomic E-state index is 12.5. The highest BCUT2D eigenvalue weighted by Gasteiger charge is 2.24. The third-order valence-electron chi connectivity index (χ3n) is 4.52. The Labute approximate surface area is 177 Å². The minimum atomic E-state index is -3.84. The third kappa shape index (κ3) is 4.13. The van der Waals surface area contributed by atoms with Gasteiger partial charge in [-0.1, -0.05) is 35.9 Å². The molecule has 0 saturated carbocycles. The Kier molecular flexibility index (Phi) is 5.42. The Morgan fingerprint density at radius 3 is 2.67 bits per heavy atom. The second-order valence-corrected chi connectivity index (χ2v) is 9.39. The summed E-state index contributed by atoms with van der Waals surface area (Å²) in [4.78, 5) is 20.0. The van der Waals surface area contributed by atoms with Crippen LogP contribution in [0.3, 0.4) is 0 Å². The summed E-state index contributed by atoms with van der Waals surface area (Å²) in [5.41, 5.74) is 2.84. The predicted molar refractivity (Wildman–Crippen MR) is 116 cm³/mol. The smallest absolute Gasteiger partial charge is 0.330 e. The number of rotatable bonds is 6. The second-order valence-electron chi connectivity index (χ2n) is 6.82.